The predicted octanol–water partition coefficient (Wildman–Crippen LogP) is 3.27. The van der Waals surface area contributed by atoms with Crippen LogP contribution in [0.25, 0.3) is 0 Å². The van der Waals surface area contributed by atoms with Crippen LogP contribution < -0.4 is 0 Å². The highest BCUT2D eigenvalue weighted by Crippen LogP contribution is 2.22. The largest absolute Gasteiger partial charge is 0.461 e. The average molecular weight is 350 g/mol. The molecule has 1 N–H and O–H groups in total. The Balaban J connectivity index is 3.20. The summed E-state index contributed by atoms with van der Waals surface area (Å²) in [4.78, 5) is 42.0. The number of nitrogens with one attached hydrogen (secondary N) is 1. The van der Waals surface area contributed by atoms with Gasteiger partial charge in [0, 0.05) is 24.2 Å². The molecule has 140 valence electrons. The highest BCUT2D eigenvalue weighted by molar-refractivity contribution is 6.06. The van der Waals surface area contributed by atoms with Gasteiger partial charge in [-0.2, -0.15) is 0 Å². The number of hydrogen-bond donors (Lipinski definition) is 1. The van der Waals surface area contributed by atoms with Crippen molar-refractivity contribution >= 4 is 17.7 Å². The van der Waals surface area contributed by atoms with Crippen LogP contribution in [0.3, 0.4) is 0 Å². The first kappa shape index (κ1) is 20.9. The molecule has 0 saturated heterocycles. The van der Waals surface area contributed by atoms with Gasteiger partial charge in [-0.1, -0.05) is 20.8 Å². The standard InChI is InChI=1S/C19H30N2O4/c1-8-15(22)21(10-11(3)4)14(7)18(23)16-12(5)17(20-13(16)6)19(24)25-9-2/h11,14,20H,8-10H2,1-7H3. The van der Waals surface area contributed by atoms with Gasteiger partial charge in [-0.3, -0.25) is 9.59 Å². The number of carbonyl (C=O) groups excluding carboxylic acids is 3. The molecule has 0 radical (unpaired) electrons. The number of aryl methyl sites for hydroxylation is 1. The number of aromatic nitrogens is 1. The lowest BCUT2D eigenvalue weighted by molar-refractivity contribution is -0.132. The van der Waals surface area contributed by atoms with Gasteiger partial charge in [-0.15, -0.1) is 0 Å². The third-order valence-electron chi connectivity index (χ3n) is 4.20. The monoisotopic (exact) mass is 350 g/mol. The van der Waals surface area contributed by atoms with Crippen molar-refractivity contribution in [2.75, 3.05) is 13.2 Å². The number of hydrogen-bond acceptors (Lipinski definition) is 4. The molecule has 6 heteroatoms. The minimum atomic E-state index is -0.585. The van der Waals surface area contributed by atoms with E-state index in [1.807, 2.05) is 13.8 Å². The zero-order valence-corrected chi connectivity index (χ0v) is 16.4. The molecule has 1 rings (SSSR count). The van der Waals surface area contributed by atoms with Gasteiger partial charge in [-0.05, 0) is 39.2 Å². The SMILES string of the molecule is CCOC(=O)c1[nH]c(C)c(C(=O)C(C)N(CC(C)C)C(=O)CC)c1C. The van der Waals surface area contributed by atoms with Crippen LogP contribution in [0.4, 0.5) is 0 Å². The van der Waals surface area contributed by atoms with Crippen molar-refractivity contribution < 1.29 is 19.1 Å². The number of esters is 1. The molecule has 1 heterocycles. The van der Waals surface area contributed by atoms with E-state index in [9.17, 15) is 14.4 Å². The number of amides is 1. The Hall–Kier alpha value is -2.11. The molecular weight excluding hydrogens is 320 g/mol. The Labute approximate surface area is 149 Å². The Kier molecular flexibility index (Phi) is 7.39. The minimum Gasteiger partial charge on any atom is -0.461 e. The Morgan fingerprint density at radius 2 is 1.72 bits per heavy atom. The molecule has 1 atom stereocenters. The van der Waals surface area contributed by atoms with Gasteiger partial charge in [0.05, 0.1) is 12.6 Å². The van der Waals surface area contributed by atoms with E-state index in [2.05, 4.69) is 4.98 Å². The summed E-state index contributed by atoms with van der Waals surface area (Å²) in [5.41, 5.74) is 1.95. The van der Waals surface area contributed by atoms with Gasteiger partial charge in [-0.25, -0.2) is 4.79 Å². The van der Waals surface area contributed by atoms with Gasteiger partial charge >= 0.3 is 5.97 Å². The molecule has 1 aromatic heterocycles. The molecule has 0 saturated carbocycles. The summed E-state index contributed by atoms with van der Waals surface area (Å²) < 4.78 is 5.03. The van der Waals surface area contributed by atoms with Crippen LogP contribution in [0.5, 0.6) is 0 Å². The quantitative estimate of drug-likeness (QED) is 0.576. The molecule has 1 amide bonds. The minimum absolute atomic E-state index is 0.0500. The summed E-state index contributed by atoms with van der Waals surface area (Å²) in [6.07, 6.45) is 0.351. The number of H-pyrrole nitrogens is 1. The van der Waals surface area contributed by atoms with Crippen LogP contribution in [-0.2, 0) is 9.53 Å². The summed E-state index contributed by atoms with van der Waals surface area (Å²) in [6.45, 7) is 13.6. The summed E-state index contributed by atoms with van der Waals surface area (Å²) in [6, 6.07) is -0.585. The van der Waals surface area contributed by atoms with Crippen LogP contribution in [-0.4, -0.2) is 46.7 Å². The van der Waals surface area contributed by atoms with Crippen LogP contribution in [0, 0.1) is 19.8 Å². The average Bonchev–Trinajstić information content (AvgIpc) is 2.85. The molecule has 0 aliphatic heterocycles. The summed E-state index contributed by atoms with van der Waals surface area (Å²) in [5, 5.41) is 0. The van der Waals surface area contributed by atoms with Crippen LogP contribution in [0.15, 0.2) is 0 Å². The lowest BCUT2D eigenvalue weighted by Gasteiger charge is -2.30. The number of ether oxygens (including phenoxy) is 1. The van der Waals surface area contributed by atoms with Gasteiger partial charge in [0.25, 0.3) is 0 Å². The molecule has 0 spiro atoms. The highest BCUT2D eigenvalue weighted by atomic mass is 16.5. The van der Waals surface area contributed by atoms with E-state index in [1.165, 1.54) is 0 Å². The topological polar surface area (TPSA) is 79.5 Å². The number of nitrogens with zero attached hydrogens (tertiary/aromatic N) is 1. The lowest BCUT2D eigenvalue weighted by atomic mass is 9.99. The first-order chi connectivity index (χ1) is 11.6. The Bertz CT molecular complexity index is 646. The second-order valence-electron chi connectivity index (χ2n) is 6.68. The van der Waals surface area contributed by atoms with Crippen molar-refractivity contribution in [1.82, 2.24) is 9.88 Å². The first-order valence-corrected chi connectivity index (χ1v) is 8.85. The predicted molar refractivity (Wildman–Crippen MR) is 96.9 cm³/mol. The van der Waals surface area contributed by atoms with Crippen molar-refractivity contribution in [3.63, 3.8) is 0 Å². The number of carbonyl (C=O) groups is 3. The molecule has 0 aliphatic rings. The number of ketones is 1. The smallest absolute Gasteiger partial charge is 0.355 e. The third-order valence-corrected chi connectivity index (χ3v) is 4.20. The fourth-order valence-electron chi connectivity index (χ4n) is 2.95. The van der Waals surface area contributed by atoms with Crippen molar-refractivity contribution in [3.8, 4) is 0 Å². The summed E-state index contributed by atoms with van der Waals surface area (Å²) in [7, 11) is 0. The molecule has 0 aromatic carbocycles. The van der Waals surface area contributed by atoms with E-state index in [1.54, 1.807) is 39.5 Å². The van der Waals surface area contributed by atoms with E-state index in [0.29, 0.717) is 35.5 Å². The maximum absolute atomic E-state index is 13.1. The lowest BCUT2D eigenvalue weighted by Crippen LogP contribution is -2.45. The van der Waals surface area contributed by atoms with E-state index in [4.69, 9.17) is 4.74 Å². The Morgan fingerprint density at radius 1 is 1.12 bits per heavy atom. The molecule has 25 heavy (non-hydrogen) atoms. The van der Waals surface area contributed by atoms with Crippen LogP contribution >= 0.6 is 0 Å². The molecule has 0 aliphatic carbocycles. The number of aromatic amines is 1. The van der Waals surface area contributed by atoms with E-state index >= 15 is 0 Å². The third kappa shape index (κ3) is 4.71. The maximum atomic E-state index is 13.1. The van der Waals surface area contributed by atoms with Gasteiger partial charge in [0.15, 0.2) is 5.78 Å². The molecule has 6 nitrogen and oxygen atoms in total. The Morgan fingerprint density at radius 3 is 2.20 bits per heavy atom. The van der Waals surface area contributed by atoms with Crippen molar-refractivity contribution in [2.24, 2.45) is 5.92 Å². The van der Waals surface area contributed by atoms with Gasteiger partial charge in [0.2, 0.25) is 5.91 Å². The van der Waals surface area contributed by atoms with E-state index in [-0.39, 0.29) is 24.2 Å². The fourth-order valence-corrected chi connectivity index (χ4v) is 2.95. The second kappa shape index (κ2) is 8.83. The second-order valence-corrected chi connectivity index (χ2v) is 6.68. The van der Waals surface area contributed by atoms with Crippen molar-refractivity contribution in [2.45, 2.75) is 60.9 Å². The summed E-state index contributed by atoms with van der Waals surface area (Å²) >= 11 is 0. The van der Waals surface area contributed by atoms with Gasteiger partial charge in [0.1, 0.15) is 5.69 Å². The number of rotatable bonds is 8. The normalized spacial score (nSPS) is 12.2. The van der Waals surface area contributed by atoms with Gasteiger partial charge < -0.3 is 14.6 Å². The zero-order valence-electron chi connectivity index (χ0n) is 16.4. The molecule has 1 unspecified atom stereocenters. The maximum Gasteiger partial charge on any atom is 0.355 e. The van der Waals surface area contributed by atoms with E-state index in [0.717, 1.165) is 0 Å². The fraction of sp³-hybridized carbons (Fsp3) is 0.632. The zero-order chi connectivity index (χ0) is 19.3. The molecule has 0 fully saturated rings. The van der Waals surface area contributed by atoms with Crippen molar-refractivity contribution in [3.05, 3.63) is 22.5 Å². The summed E-state index contributed by atoms with van der Waals surface area (Å²) in [5.74, 6) is -0.428. The van der Waals surface area contributed by atoms with Crippen LogP contribution in [0.2, 0.25) is 0 Å². The molecular formula is C19H30N2O4. The van der Waals surface area contributed by atoms with E-state index < -0.39 is 12.0 Å². The number of Topliss-reactive ketones (excluding diaryl/α,β-unsaturated/α-hetero) is 1. The van der Waals surface area contributed by atoms with Crippen molar-refractivity contribution in [1.29, 1.82) is 0 Å². The molecule has 0 bridgehead atoms. The van der Waals surface area contributed by atoms with Crippen LogP contribution in [0.1, 0.15) is 73.1 Å². The molecule has 1 aromatic rings. The first-order valence-electron chi connectivity index (χ1n) is 8.85. The highest BCUT2D eigenvalue weighted by Gasteiger charge is 2.30.